The number of anilines is 2. The standard InChI is InChI=1S/C21H21ClN4O2/c1-13-15(22)4-3-5-16(13)25-19-18(14-6-8-23-9-7-14)17(12-28-2)26-11-10-24-21(27)20(19)26/h3-9,25H,10-12H2,1-2H3,(H,24,27). The van der Waals surface area contributed by atoms with E-state index in [1.807, 2.05) is 41.8 Å². The number of benzene rings is 1. The molecule has 1 amide bonds. The van der Waals surface area contributed by atoms with Gasteiger partial charge in [0.05, 0.1) is 18.0 Å². The molecule has 0 aliphatic carbocycles. The van der Waals surface area contributed by atoms with Crippen LogP contribution < -0.4 is 10.6 Å². The van der Waals surface area contributed by atoms with Crippen molar-refractivity contribution >= 4 is 28.9 Å². The largest absolute Gasteiger partial charge is 0.378 e. The predicted molar refractivity (Wildman–Crippen MR) is 110 cm³/mol. The average molecular weight is 397 g/mol. The normalized spacial score (nSPS) is 13.2. The van der Waals surface area contributed by atoms with Crippen molar-refractivity contribution in [3.05, 3.63) is 64.7 Å². The minimum atomic E-state index is -0.105. The summed E-state index contributed by atoms with van der Waals surface area (Å²) in [6.45, 7) is 3.63. The summed E-state index contributed by atoms with van der Waals surface area (Å²) in [5, 5.41) is 7.09. The topological polar surface area (TPSA) is 68.2 Å². The molecule has 0 unspecified atom stereocenters. The number of carbonyl (C=O) groups excluding carboxylic acids is 1. The number of methoxy groups -OCH3 is 1. The highest BCUT2D eigenvalue weighted by atomic mass is 35.5. The van der Waals surface area contributed by atoms with Gasteiger partial charge in [-0.15, -0.1) is 0 Å². The lowest BCUT2D eigenvalue weighted by Crippen LogP contribution is -2.36. The Morgan fingerprint density at radius 2 is 2.07 bits per heavy atom. The van der Waals surface area contributed by atoms with Crippen molar-refractivity contribution < 1.29 is 9.53 Å². The first kappa shape index (κ1) is 18.5. The van der Waals surface area contributed by atoms with E-state index in [1.165, 1.54) is 0 Å². The number of ether oxygens (including phenoxy) is 1. The quantitative estimate of drug-likeness (QED) is 0.680. The van der Waals surface area contributed by atoms with E-state index in [0.29, 0.717) is 30.4 Å². The molecular formula is C21H21ClN4O2. The van der Waals surface area contributed by atoms with Gasteiger partial charge in [-0.2, -0.15) is 0 Å². The molecule has 0 bridgehead atoms. The maximum absolute atomic E-state index is 12.8. The van der Waals surface area contributed by atoms with Gasteiger partial charge in [0.25, 0.3) is 5.91 Å². The molecule has 3 heterocycles. The molecule has 0 saturated heterocycles. The van der Waals surface area contributed by atoms with Crippen LogP contribution in [-0.4, -0.2) is 29.1 Å². The van der Waals surface area contributed by atoms with E-state index in [9.17, 15) is 4.79 Å². The van der Waals surface area contributed by atoms with Crippen LogP contribution in [0.3, 0.4) is 0 Å². The van der Waals surface area contributed by atoms with Crippen LogP contribution >= 0.6 is 11.6 Å². The van der Waals surface area contributed by atoms with Gasteiger partial charge >= 0.3 is 0 Å². The summed E-state index contributed by atoms with van der Waals surface area (Å²) in [5.41, 5.74) is 6.01. The number of hydrogen-bond donors (Lipinski definition) is 2. The molecule has 0 radical (unpaired) electrons. The monoisotopic (exact) mass is 396 g/mol. The molecule has 2 aromatic heterocycles. The van der Waals surface area contributed by atoms with Gasteiger partial charge in [-0.25, -0.2) is 0 Å². The molecule has 0 fully saturated rings. The first-order valence-corrected chi connectivity index (χ1v) is 9.44. The van der Waals surface area contributed by atoms with E-state index in [0.717, 1.165) is 33.8 Å². The summed E-state index contributed by atoms with van der Waals surface area (Å²) in [5.74, 6) is -0.105. The lowest BCUT2D eigenvalue weighted by Gasteiger charge is -2.19. The van der Waals surface area contributed by atoms with Gasteiger partial charge in [-0.1, -0.05) is 17.7 Å². The molecule has 4 rings (SSSR count). The van der Waals surface area contributed by atoms with Crippen LogP contribution in [0.25, 0.3) is 11.1 Å². The molecule has 1 aromatic carbocycles. The number of amides is 1. The highest BCUT2D eigenvalue weighted by molar-refractivity contribution is 6.31. The van der Waals surface area contributed by atoms with Crippen LogP contribution in [0.2, 0.25) is 5.02 Å². The number of nitrogens with zero attached hydrogens (tertiary/aromatic N) is 2. The van der Waals surface area contributed by atoms with Crippen LogP contribution in [0.15, 0.2) is 42.7 Å². The van der Waals surface area contributed by atoms with Crippen molar-refractivity contribution in [2.75, 3.05) is 19.0 Å². The molecule has 144 valence electrons. The molecule has 1 aliphatic rings. The van der Waals surface area contributed by atoms with E-state index >= 15 is 0 Å². The fourth-order valence-electron chi connectivity index (χ4n) is 3.63. The molecule has 6 nitrogen and oxygen atoms in total. The van der Waals surface area contributed by atoms with Gasteiger partial charge in [-0.3, -0.25) is 9.78 Å². The zero-order chi connectivity index (χ0) is 19.7. The number of halogens is 1. The smallest absolute Gasteiger partial charge is 0.270 e. The molecule has 28 heavy (non-hydrogen) atoms. The van der Waals surface area contributed by atoms with Gasteiger partial charge in [0.15, 0.2) is 0 Å². The van der Waals surface area contributed by atoms with E-state index in [1.54, 1.807) is 19.5 Å². The second-order valence-electron chi connectivity index (χ2n) is 6.66. The van der Waals surface area contributed by atoms with E-state index in [-0.39, 0.29) is 5.91 Å². The number of fused-ring (bicyclic) bond motifs is 1. The summed E-state index contributed by atoms with van der Waals surface area (Å²) in [6, 6.07) is 9.58. The molecule has 0 saturated carbocycles. The number of carbonyl (C=O) groups is 1. The molecule has 0 atom stereocenters. The molecular weight excluding hydrogens is 376 g/mol. The number of rotatable bonds is 5. The van der Waals surface area contributed by atoms with E-state index in [4.69, 9.17) is 16.3 Å². The van der Waals surface area contributed by atoms with Gasteiger partial charge in [0, 0.05) is 48.9 Å². The predicted octanol–water partition coefficient (Wildman–Crippen LogP) is 4.15. The number of nitrogens with one attached hydrogen (secondary N) is 2. The Labute approximate surface area is 168 Å². The Morgan fingerprint density at radius 3 is 2.82 bits per heavy atom. The summed E-state index contributed by atoms with van der Waals surface area (Å²) >= 11 is 6.31. The average Bonchev–Trinajstić information content (AvgIpc) is 3.01. The van der Waals surface area contributed by atoms with Crippen LogP contribution in [0.5, 0.6) is 0 Å². The van der Waals surface area contributed by atoms with Crippen molar-refractivity contribution in [1.29, 1.82) is 0 Å². The van der Waals surface area contributed by atoms with Crippen molar-refractivity contribution in [1.82, 2.24) is 14.9 Å². The van der Waals surface area contributed by atoms with Crippen LogP contribution in [0.4, 0.5) is 11.4 Å². The number of aromatic nitrogens is 2. The van der Waals surface area contributed by atoms with E-state index < -0.39 is 0 Å². The third-order valence-corrected chi connectivity index (χ3v) is 5.39. The first-order valence-electron chi connectivity index (χ1n) is 9.07. The number of pyridine rings is 1. The third-order valence-electron chi connectivity index (χ3n) is 4.98. The fourth-order valence-corrected chi connectivity index (χ4v) is 3.81. The van der Waals surface area contributed by atoms with Crippen molar-refractivity contribution in [3.8, 4) is 11.1 Å². The summed E-state index contributed by atoms with van der Waals surface area (Å²) < 4.78 is 7.52. The molecule has 1 aliphatic heterocycles. The van der Waals surface area contributed by atoms with Crippen LogP contribution in [-0.2, 0) is 17.9 Å². The summed E-state index contributed by atoms with van der Waals surface area (Å²) in [6.07, 6.45) is 3.49. The van der Waals surface area contributed by atoms with Gasteiger partial charge in [0.2, 0.25) is 0 Å². The lowest BCUT2D eigenvalue weighted by atomic mass is 10.0. The highest BCUT2D eigenvalue weighted by Gasteiger charge is 2.30. The van der Waals surface area contributed by atoms with Gasteiger partial charge in [0.1, 0.15) is 5.69 Å². The lowest BCUT2D eigenvalue weighted by molar-refractivity contribution is 0.0925. The molecule has 7 heteroatoms. The van der Waals surface area contributed by atoms with Crippen molar-refractivity contribution in [2.45, 2.75) is 20.1 Å². The Bertz CT molecular complexity index is 1030. The third kappa shape index (κ3) is 3.15. The highest BCUT2D eigenvalue weighted by Crippen LogP contribution is 2.41. The zero-order valence-electron chi connectivity index (χ0n) is 15.8. The Hall–Kier alpha value is -2.83. The van der Waals surface area contributed by atoms with Crippen molar-refractivity contribution in [2.24, 2.45) is 0 Å². The Morgan fingerprint density at radius 1 is 1.29 bits per heavy atom. The molecule has 2 N–H and O–H groups in total. The van der Waals surface area contributed by atoms with Crippen LogP contribution in [0.1, 0.15) is 21.7 Å². The van der Waals surface area contributed by atoms with Gasteiger partial charge in [-0.05, 0) is 42.3 Å². The van der Waals surface area contributed by atoms with Crippen LogP contribution in [0, 0.1) is 6.92 Å². The minimum Gasteiger partial charge on any atom is -0.378 e. The van der Waals surface area contributed by atoms with Crippen molar-refractivity contribution in [3.63, 3.8) is 0 Å². The summed E-state index contributed by atoms with van der Waals surface area (Å²) in [4.78, 5) is 16.9. The summed E-state index contributed by atoms with van der Waals surface area (Å²) in [7, 11) is 1.66. The Balaban J connectivity index is 1.97. The van der Waals surface area contributed by atoms with E-state index in [2.05, 4.69) is 15.6 Å². The second kappa shape index (κ2) is 7.66. The molecule has 3 aromatic rings. The number of hydrogen-bond acceptors (Lipinski definition) is 4. The second-order valence-corrected chi connectivity index (χ2v) is 7.07. The maximum atomic E-state index is 12.8. The first-order chi connectivity index (χ1) is 13.6. The zero-order valence-corrected chi connectivity index (χ0v) is 16.5. The minimum absolute atomic E-state index is 0.105. The fraction of sp³-hybridized carbons (Fsp3) is 0.238. The van der Waals surface area contributed by atoms with Gasteiger partial charge < -0.3 is 19.9 Å². The maximum Gasteiger partial charge on any atom is 0.270 e. The SMILES string of the molecule is COCc1c(-c2ccncc2)c(Nc2cccc(Cl)c2C)c2n1CCNC2=O. The molecule has 0 spiro atoms. The Kier molecular flexibility index (Phi) is 5.07.